The molecule has 88 valence electrons. The molecule has 1 heteroatoms. The second kappa shape index (κ2) is 5.58. The van der Waals surface area contributed by atoms with Gasteiger partial charge in [0.15, 0.2) is 0 Å². The first kappa shape index (κ1) is 13.4. The van der Waals surface area contributed by atoms with Crippen molar-refractivity contribution in [3.8, 4) is 0 Å². The third-order valence-electron chi connectivity index (χ3n) is 3.56. The molecule has 0 atom stereocenters. The minimum absolute atomic E-state index is 1.14. The van der Waals surface area contributed by atoms with Crippen molar-refractivity contribution in [1.29, 1.82) is 0 Å². The lowest BCUT2D eigenvalue weighted by atomic mass is 9.90. The van der Waals surface area contributed by atoms with Gasteiger partial charge in [0.2, 0.25) is 0 Å². The van der Waals surface area contributed by atoms with Crippen molar-refractivity contribution in [3.05, 3.63) is 38.8 Å². The highest BCUT2D eigenvalue weighted by atomic mass is 32.2. The average molecular weight is 234 g/mol. The normalized spacial score (nSPS) is 11.4. The highest BCUT2D eigenvalue weighted by Gasteiger charge is 2.09. The molecule has 0 N–H and O–H groups in total. The molecule has 0 amide bonds. The quantitative estimate of drug-likeness (QED) is 0.713. The molecule has 16 heavy (non-hydrogen) atoms. The molecule has 0 saturated carbocycles. The fourth-order valence-electron chi connectivity index (χ4n) is 1.99. The summed E-state index contributed by atoms with van der Waals surface area (Å²) in [4.78, 5) is 0. The summed E-state index contributed by atoms with van der Waals surface area (Å²) in [6, 6.07) is 0. The first-order chi connectivity index (χ1) is 7.50. The van der Waals surface area contributed by atoms with Gasteiger partial charge in [-0.25, -0.2) is 0 Å². The molecule has 1 rings (SSSR count). The lowest BCUT2D eigenvalue weighted by Gasteiger charge is -2.16. The van der Waals surface area contributed by atoms with Crippen LogP contribution in [0.1, 0.15) is 40.3 Å². The molecule has 0 aliphatic rings. The molecule has 0 heterocycles. The Morgan fingerprint density at radius 2 is 1.25 bits per heavy atom. The Labute approximate surface area is 104 Å². The fourth-order valence-corrected chi connectivity index (χ4v) is 2.42. The van der Waals surface area contributed by atoms with Crippen molar-refractivity contribution in [3.63, 3.8) is 0 Å². The summed E-state index contributed by atoms with van der Waals surface area (Å²) in [6.45, 7) is 13.3. The smallest absolute Gasteiger partial charge is 0.00544 e. The van der Waals surface area contributed by atoms with E-state index in [4.69, 9.17) is 0 Å². The highest BCUT2D eigenvalue weighted by Crippen LogP contribution is 2.27. The van der Waals surface area contributed by atoms with Gasteiger partial charge in [0.1, 0.15) is 0 Å². The molecule has 0 aliphatic carbocycles. The van der Waals surface area contributed by atoms with Crippen LogP contribution in [0.5, 0.6) is 0 Å². The predicted molar refractivity (Wildman–Crippen MR) is 77.3 cm³/mol. The van der Waals surface area contributed by atoms with Gasteiger partial charge in [-0.2, -0.15) is 0 Å². The molecule has 0 saturated heterocycles. The predicted octanol–water partition coefficient (Wildman–Crippen LogP) is 4.95. The molecule has 0 nitrogen and oxygen atoms in total. The van der Waals surface area contributed by atoms with Gasteiger partial charge in [0.25, 0.3) is 0 Å². The maximum absolute atomic E-state index is 2.26. The number of hydrogen-bond acceptors (Lipinski definition) is 1. The van der Waals surface area contributed by atoms with Gasteiger partial charge in [-0.1, -0.05) is 6.92 Å². The Kier molecular flexibility index (Phi) is 4.67. The van der Waals surface area contributed by atoms with Crippen molar-refractivity contribution >= 4 is 17.8 Å². The molecule has 0 unspecified atom stereocenters. The van der Waals surface area contributed by atoms with E-state index in [1.165, 1.54) is 33.4 Å². The summed E-state index contributed by atoms with van der Waals surface area (Å²) in [5, 5.41) is 2.21. The van der Waals surface area contributed by atoms with E-state index in [1.807, 2.05) is 11.8 Å². The summed E-state index contributed by atoms with van der Waals surface area (Å²) < 4.78 is 0. The number of rotatable bonds is 3. The van der Waals surface area contributed by atoms with Gasteiger partial charge >= 0.3 is 0 Å². The minimum Gasteiger partial charge on any atom is -0.134 e. The van der Waals surface area contributed by atoms with Crippen LogP contribution in [0.2, 0.25) is 0 Å². The zero-order valence-corrected chi connectivity index (χ0v) is 12.1. The lowest BCUT2D eigenvalue weighted by molar-refractivity contribution is 1.16. The number of thioether (sulfide) groups is 1. The van der Waals surface area contributed by atoms with E-state index in [-0.39, 0.29) is 0 Å². The maximum atomic E-state index is 2.26. The molecule has 0 fully saturated rings. The largest absolute Gasteiger partial charge is 0.134 e. The van der Waals surface area contributed by atoms with Gasteiger partial charge in [-0.15, -0.1) is 11.8 Å². The van der Waals surface area contributed by atoms with Gasteiger partial charge in [-0.05, 0) is 85.2 Å². The lowest BCUT2D eigenvalue weighted by Crippen LogP contribution is -1.98. The van der Waals surface area contributed by atoms with Gasteiger partial charge < -0.3 is 0 Å². The molecule has 1 aromatic rings. The van der Waals surface area contributed by atoms with Crippen LogP contribution in [0, 0.1) is 34.6 Å². The van der Waals surface area contributed by atoms with E-state index in [1.54, 1.807) is 0 Å². The van der Waals surface area contributed by atoms with Gasteiger partial charge in [0.05, 0.1) is 0 Å². The Morgan fingerprint density at radius 1 is 0.812 bits per heavy atom. The van der Waals surface area contributed by atoms with Crippen LogP contribution in [0.25, 0.3) is 6.08 Å². The van der Waals surface area contributed by atoms with Gasteiger partial charge in [-0.3, -0.25) is 0 Å². The number of benzene rings is 1. The first-order valence-corrected chi connectivity index (χ1v) is 6.90. The maximum Gasteiger partial charge on any atom is -0.00544 e. The zero-order chi connectivity index (χ0) is 12.3. The molecular weight excluding hydrogens is 212 g/mol. The molecule has 0 bridgehead atoms. The van der Waals surface area contributed by atoms with Crippen molar-refractivity contribution in [2.75, 3.05) is 5.75 Å². The van der Waals surface area contributed by atoms with Crippen LogP contribution in [-0.4, -0.2) is 5.75 Å². The number of hydrogen-bond donors (Lipinski definition) is 0. The summed E-state index contributed by atoms with van der Waals surface area (Å²) in [5.41, 5.74) is 8.56. The van der Waals surface area contributed by atoms with Crippen LogP contribution in [0.4, 0.5) is 0 Å². The van der Waals surface area contributed by atoms with E-state index in [9.17, 15) is 0 Å². The second-order valence-electron chi connectivity index (χ2n) is 4.30. The highest BCUT2D eigenvalue weighted by molar-refractivity contribution is 8.02. The van der Waals surface area contributed by atoms with Crippen molar-refractivity contribution < 1.29 is 0 Å². The van der Waals surface area contributed by atoms with Crippen molar-refractivity contribution in [1.82, 2.24) is 0 Å². The van der Waals surface area contributed by atoms with E-state index in [0.29, 0.717) is 0 Å². The summed E-state index contributed by atoms with van der Waals surface area (Å²) >= 11 is 1.86. The summed E-state index contributed by atoms with van der Waals surface area (Å²) in [6.07, 6.45) is 2.26. The van der Waals surface area contributed by atoms with E-state index in [0.717, 1.165) is 5.75 Å². The molecule has 0 aromatic heterocycles. The molecule has 0 aliphatic heterocycles. The topological polar surface area (TPSA) is 0 Å². The third kappa shape index (κ3) is 2.52. The zero-order valence-electron chi connectivity index (χ0n) is 11.3. The molecule has 0 radical (unpaired) electrons. The second-order valence-corrected chi connectivity index (χ2v) is 5.48. The van der Waals surface area contributed by atoms with Crippen LogP contribution < -0.4 is 0 Å². The average Bonchev–Trinajstić information content (AvgIpc) is 2.28. The molecular formula is C15H22S. The van der Waals surface area contributed by atoms with Gasteiger partial charge in [0, 0.05) is 0 Å². The summed E-state index contributed by atoms with van der Waals surface area (Å²) in [5.74, 6) is 1.14. The first-order valence-electron chi connectivity index (χ1n) is 5.85. The Morgan fingerprint density at radius 3 is 1.69 bits per heavy atom. The standard InChI is InChI=1S/C15H22S/c1-7-16-9-8-15-13(5)11(3)10(2)12(4)14(15)6/h8-9H,7H2,1-6H3/b9-8+. The monoisotopic (exact) mass is 234 g/mol. The fraction of sp³-hybridized carbons (Fsp3) is 0.467. The Balaban J connectivity index is 3.29. The molecule has 1 aromatic carbocycles. The SMILES string of the molecule is CCS/C=C/c1c(C)c(C)c(C)c(C)c1C. The van der Waals surface area contributed by atoms with E-state index < -0.39 is 0 Å². The van der Waals surface area contributed by atoms with E-state index >= 15 is 0 Å². The van der Waals surface area contributed by atoms with Crippen molar-refractivity contribution in [2.45, 2.75) is 41.5 Å². The molecule has 0 spiro atoms. The third-order valence-corrected chi connectivity index (χ3v) is 4.22. The van der Waals surface area contributed by atoms with Crippen LogP contribution >= 0.6 is 11.8 Å². The van der Waals surface area contributed by atoms with Crippen LogP contribution in [-0.2, 0) is 0 Å². The Bertz CT molecular complexity index is 385. The van der Waals surface area contributed by atoms with Crippen LogP contribution in [0.15, 0.2) is 5.41 Å². The summed E-state index contributed by atoms with van der Waals surface area (Å²) in [7, 11) is 0. The minimum atomic E-state index is 1.14. The van der Waals surface area contributed by atoms with Crippen LogP contribution in [0.3, 0.4) is 0 Å². The Hall–Kier alpha value is -0.690. The van der Waals surface area contributed by atoms with Crippen molar-refractivity contribution in [2.24, 2.45) is 0 Å². The van der Waals surface area contributed by atoms with E-state index in [2.05, 4.69) is 53.0 Å².